The van der Waals surface area contributed by atoms with Crippen molar-refractivity contribution in [3.05, 3.63) is 32.7 Å². The lowest BCUT2D eigenvalue weighted by molar-refractivity contribution is -0.273. The van der Waals surface area contributed by atoms with Gasteiger partial charge in [0.25, 0.3) is 0 Å². The third-order valence-corrected chi connectivity index (χ3v) is 3.01. The third kappa shape index (κ3) is 4.08. The van der Waals surface area contributed by atoms with Gasteiger partial charge in [-0.2, -0.15) is 26.3 Å². The second-order valence-electron chi connectivity index (χ2n) is 3.66. The molecule has 1 atom stereocenters. The Balaban J connectivity index is 3.40. The molecule has 0 spiro atoms. The molecular formula is C10H4Br2F7. The highest BCUT2D eigenvalue weighted by Gasteiger charge is 2.62. The van der Waals surface area contributed by atoms with Gasteiger partial charge in [-0.1, -0.05) is 31.9 Å². The monoisotopic (exact) mass is 415 g/mol. The zero-order valence-electron chi connectivity index (χ0n) is 8.76. The van der Waals surface area contributed by atoms with E-state index in [0.29, 0.717) is 12.1 Å². The first kappa shape index (κ1) is 16.7. The standard InChI is InChI=1S/C10H4Br2F7/c11-6-1-5(2-7(12)3-6)8(13,10(17,18)19)4-9(14,15)16/h1-2H,4H2. The number of halogens is 9. The van der Waals surface area contributed by atoms with Gasteiger partial charge in [0.1, 0.15) is 0 Å². The first-order valence-electron chi connectivity index (χ1n) is 4.56. The maximum Gasteiger partial charge on any atom is 0.427 e. The highest BCUT2D eigenvalue weighted by atomic mass is 79.9. The van der Waals surface area contributed by atoms with Crippen molar-refractivity contribution in [3.8, 4) is 0 Å². The molecule has 1 aromatic carbocycles. The molecule has 0 fully saturated rings. The molecule has 0 saturated heterocycles. The minimum absolute atomic E-state index is 0.0923. The highest BCUT2D eigenvalue weighted by Crippen LogP contribution is 2.49. The predicted octanol–water partition coefficient (Wildman–Crippen LogP) is 5.69. The summed E-state index contributed by atoms with van der Waals surface area (Å²) in [5.41, 5.74) is -5.65. The van der Waals surface area contributed by atoms with Gasteiger partial charge in [0.05, 0.1) is 6.42 Å². The molecule has 1 rings (SSSR count). The Bertz CT molecular complexity index is 446. The second kappa shape index (κ2) is 5.23. The van der Waals surface area contributed by atoms with Crippen LogP contribution in [0.15, 0.2) is 21.1 Å². The van der Waals surface area contributed by atoms with Crippen LogP contribution in [0, 0.1) is 6.07 Å². The van der Waals surface area contributed by atoms with Gasteiger partial charge in [-0.3, -0.25) is 0 Å². The van der Waals surface area contributed by atoms with Gasteiger partial charge in [-0.25, -0.2) is 4.39 Å². The van der Waals surface area contributed by atoms with E-state index < -0.39 is 30.0 Å². The first-order chi connectivity index (χ1) is 8.35. The predicted molar refractivity (Wildman–Crippen MR) is 60.2 cm³/mol. The molecule has 0 aliphatic heterocycles. The smallest absolute Gasteiger partial charge is 0.228 e. The summed E-state index contributed by atoms with van der Waals surface area (Å²) in [6, 6.07) is 3.65. The first-order valence-corrected chi connectivity index (χ1v) is 6.15. The molecule has 19 heavy (non-hydrogen) atoms. The van der Waals surface area contributed by atoms with Crippen LogP contribution in [0.1, 0.15) is 12.0 Å². The van der Waals surface area contributed by atoms with Crippen LogP contribution in [-0.4, -0.2) is 12.4 Å². The number of alkyl halides is 7. The molecule has 0 aliphatic carbocycles. The molecule has 0 aromatic heterocycles. The molecule has 0 bridgehead atoms. The fourth-order valence-corrected chi connectivity index (χ4v) is 2.56. The Kier molecular flexibility index (Phi) is 4.61. The molecule has 9 heteroatoms. The lowest BCUT2D eigenvalue weighted by Gasteiger charge is -2.29. The van der Waals surface area contributed by atoms with Crippen LogP contribution in [0.2, 0.25) is 0 Å². The van der Waals surface area contributed by atoms with Crippen LogP contribution in [0.4, 0.5) is 30.7 Å². The lowest BCUT2D eigenvalue weighted by Crippen LogP contribution is -2.42. The molecular weight excluding hydrogens is 413 g/mol. The SMILES string of the molecule is FC(F)(F)CC(F)(c1cc(Br)[c]c(Br)c1)C(F)(F)F. The molecule has 0 amide bonds. The summed E-state index contributed by atoms with van der Waals surface area (Å²) in [6.45, 7) is 0. The summed E-state index contributed by atoms with van der Waals surface area (Å²) in [5, 5.41) is 0. The van der Waals surface area contributed by atoms with Gasteiger partial charge in [-0.15, -0.1) is 0 Å². The van der Waals surface area contributed by atoms with Crippen molar-refractivity contribution in [2.75, 3.05) is 0 Å². The molecule has 0 N–H and O–H groups in total. The van der Waals surface area contributed by atoms with Crippen molar-refractivity contribution < 1.29 is 30.7 Å². The number of rotatable bonds is 2. The van der Waals surface area contributed by atoms with Crippen LogP contribution in [0.5, 0.6) is 0 Å². The Hall–Kier alpha value is -0.310. The van der Waals surface area contributed by atoms with Crippen LogP contribution in [-0.2, 0) is 5.67 Å². The van der Waals surface area contributed by atoms with E-state index in [9.17, 15) is 30.7 Å². The van der Waals surface area contributed by atoms with E-state index in [1.807, 2.05) is 0 Å². The molecule has 1 radical (unpaired) electrons. The van der Waals surface area contributed by atoms with E-state index >= 15 is 0 Å². The number of benzene rings is 1. The van der Waals surface area contributed by atoms with Crippen molar-refractivity contribution in [1.29, 1.82) is 0 Å². The average molecular weight is 417 g/mol. The van der Waals surface area contributed by atoms with E-state index in [1.165, 1.54) is 0 Å². The zero-order chi connectivity index (χ0) is 15.1. The van der Waals surface area contributed by atoms with Gasteiger partial charge >= 0.3 is 12.4 Å². The second-order valence-corrected chi connectivity index (χ2v) is 5.36. The minimum atomic E-state index is -5.69. The van der Waals surface area contributed by atoms with Crippen LogP contribution in [0.25, 0.3) is 0 Å². The van der Waals surface area contributed by atoms with Crippen molar-refractivity contribution in [2.24, 2.45) is 0 Å². The minimum Gasteiger partial charge on any atom is -0.228 e. The molecule has 0 nitrogen and oxygen atoms in total. The Morgan fingerprint density at radius 2 is 1.32 bits per heavy atom. The molecule has 1 unspecified atom stereocenters. The van der Waals surface area contributed by atoms with Gasteiger partial charge < -0.3 is 0 Å². The molecule has 0 saturated carbocycles. The van der Waals surface area contributed by atoms with E-state index in [-0.39, 0.29) is 8.95 Å². The van der Waals surface area contributed by atoms with Crippen LogP contribution >= 0.6 is 31.9 Å². The van der Waals surface area contributed by atoms with Gasteiger partial charge in [0.15, 0.2) is 0 Å². The van der Waals surface area contributed by atoms with E-state index in [0.717, 1.165) is 0 Å². The normalized spacial score (nSPS) is 16.3. The molecule has 0 heterocycles. The summed E-state index contributed by atoms with van der Waals surface area (Å²) < 4.78 is 88.4. The van der Waals surface area contributed by atoms with Crippen LogP contribution < -0.4 is 0 Å². The molecule has 1 aromatic rings. The fourth-order valence-electron chi connectivity index (χ4n) is 1.37. The summed E-state index contributed by atoms with van der Waals surface area (Å²) in [6.07, 6.45) is -13.6. The lowest BCUT2D eigenvalue weighted by atomic mass is 9.91. The fraction of sp³-hybridized carbons (Fsp3) is 0.400. The quantitative estimate of drug-likeness (QED) is 0.543. The highest BCUT2D eigenvalue weighted by molar-refractivity contribution is 9.11. The summed E-state index contributed by atoms with van der Waals surface area (Å²) >= 11 is 5.50. The van der Waals surface area contributed by atoms with E-state index in [1.54, 1.807) is 0 Å². The van der Waals surface area contributed by atoms with E-state index in [2.05, 4.69) is 37.9 Å². The van der Waals surface area contributed by atoms with Crippen molar-refractivity contribution in [1.82, 2.24) is 0 Å². The summed E-state index contributed by atoms with van der Waals surface area (Å²) in [4.78, 5) is 0. The maximum atomic E-state index is 14.0. The number of hydrogen-bond donors (Lipinski definition) is 0. The van der Waals surface area contributed by atoms with Crippen molar-refractivity contribution in [3.63, 3.8) is 0 Å². The maximum absolute atomic E-state index is 14.0. The topological polar surface area (TPSA) is 0 Å². The molecule has 107 valence electrons. The van der Waals surface area contributed by atoms with Gasteiger partial charge in [-0.05, 0) is 12.1 Å². The van der Waals surface area contributed by atoms with Gasteiger partial charge in [0.2, 0.25) is 5.67 Å². The average Bonchev–Trinajstić information content (AvgIpc) is 2.11. The van der Waals surface area contributed by atoms with Gasteiger partial charge in [0, 0.05) is 20.6 Å². The third-order valence-electron chi connectivity index (χ3n) is 2.15. The van der Waals surface area contributed by atoms with Crippen molar-refractivity contribution >= 4 is 31.9 Å². The van der Waals surface area contributed by atoms with E-state index in [4.69, 9.17) is 0 Å². The summed E-state index contributed by atoms with van der Waals surface area (Å²) in [7, 11) is 0. The van der Waals surface area contributed by atoms with Crippen molar-refractivity contribution in [2.45, 2.75) is 24.4 Å². The largest absolute Gasteiger partial charge is 0.427 e. The number of hydrogen-bond acceptors (Lipinski definition) is 0. The Labute approximate surface area is 120 Å². The zero-order valence-corrected chi connectivity index (χ0v) is 11.9. The Morgan fingerprint density at radius 1 is 0.895 bits per heavy atom. The van der Waals surface area contributed by atoms with Crippen LogP contribution in [0.3, 0.4) is 0 Å². The molecule has 0 aliphatic rings. The summed E-state index contributed by atoms with van der Waals surface area (Å²) in [5.74, 6) is 0. The Morgan fingerprint density at radius 3 is 1.63 bits per heavy atom.